The first-order valence-corrected chi connectivity index (χ1v) is 10.1. The summed E-state index contributed by atoms with van der Waals surface area (Å²) in [5, 5.41) is 10.9. The Labute approximate surface area is 158 Å². The summed E-state index contributed by atoms with van der Waals surface area (Å²) in [6.07, 6.45) is -0.786. The first kappa shape index (κ1) is 18.6. The minimum Gasteiger partial charge on any atom is -0.387 e. The summed E-state index contributed by atoms with van der Waals surface area (Å²) in [4.78, 5) is 0.750. The van der Waals surface area contributed by atoms with Crippen LogP contribution in [0.3, 0.4) is 0 Å². The monoisotopic (exact) mass is 364 g/mol. The standard InChI is InChI=1S/C23H24O2S/c1-16-11-13-19(14-12-16)26(25)15-22(24)21-10-6-8-18(3)23(21)20-9-5-4-7-17(20)2/h4-14,22,24H,15H2,1-3H3/t22-,26?/m0/s1. The molecule has 0 aromatic heterocycles. The van der Waals surface area contributed by atoms with Crippen molar-refractivity contribution in [3.8, 4) is 11.1 Å². The fraction of sp³-hybridized carbons (Fsp3) is 0.217. The maximum Gasteiger partial charge on any atom is 0.0914 e. The van der Waals surface area contributed by atoms with Crippen LogP contribution in [-0.4, -0.2) is 15.1 Å². The highest BCUT2D eigenvalue weighted by Crippen LogP contribution is 2.34. The lowest BCUT2D eigenvalue weighted by molar-refractivity contribution is 0.203. The van der Waals surface area contributed by atoms with E-state index in [-0.39, 0.29) is 5.75 Å². The highest BCUT2D eigenvalue weighted by molar-refractivity contribution is 7.85. The molecule has 3 heteroatoms. The number of hydrogen-bond acceptors (Lipinski definition) is 2. The fourth-order valence-corrected chi connectivity index (χ4v) is 4.31. The molecular formula is C23H24O2S. The first-order valence-electron chi connectivity index (χ1n) is 8.76. The summed E-state index contributed by atoms with van der Waals surface area (Å²) in [5.74, 6) is 0.186. The van der Waals surface area contributed by atoms with Crippen LogP contribution in [0.4, 0.5) is 0 Å². The largest absolute Gasteiger partial charge is 0.387 e. The zero-order valence-corrected chi connectivity index (χ0v) is 16.2. The second kappa shape index (κ2) is 7.98. The minimum absolute atomic E-state index is 0.186. The fourth-order valence-electron chi connectivity index (χ4n) is 3.21. The molecular weight excluding hydrogens is 340 g/mol. The van der Waals surface area contributed by atoms with E-state index in [1.165, 1.54) is 0 Å². The predicted octanol–water partition coefficient (Wildman–Crippen LogP) is 5.12. The maximum absolute atomic E-state index is 12.7. The molecule has 0 saturated heterocycles. The summed E-state index contributed by atoms with van der Waals surface area (Å²) >= 11 is 0. The molecule has 0 aliphatic heterocycles. The van der Waals surface area contributed by atoms with E-state index in [0.717, 1.165) is 38.3 Å². The third kappa shape index (κ3) is 3.95. The Bertz CT molecular complexity index is 929. The van der Waals surface area contributed by atoms with Crippen LogP contribution in [0.25, 0.3) is 11.1 Å². The van der Waals surface area contributed by atoms with Crippen LogP contribution < -0.4 is 0 Å². The Morgan fingerprint density at radius 2 is 1.50 bits per heavy atom. The summed E-state index contributed by atoms with van der Waals surface area (Å²) in [7, 11) is -1.25. The van der Waals surface area contributed by atoms with E-state index in [2.05, 4.69) is 32.0 Å². The molecule has 1 N–H and O–H groups in total. The lowest BCUT2D eigenvalue weighted by Crippen LogP contribution is -2.11. The molecule has 0 aliphatic rings. The molecule has 2 nitrogen and oxygen atoms in total. The number of hydrogen-bond donors (Lipinski definition) is 1. The van der Waals surface area contributed by atoms with Crippen molar-refractivity contribution in [2.24, 2.45) is 0 Å². The number of benzene rings is 3. The van der Waals surface area contributed by atoms with Gasteiger partial charge in [-0.05, 0) is 60.7 Å². The second-order valence-corrected chi connectivity index (χ2v) is 8.19. The Balaban J connectivity index is 1.94. The normalized spacial score (nSPS) is 13.4. The van der Waals surface area contributed by atoms with E-state index in [0.29, 0.717) is 0 Å². The zero-order chi connectivity index (χ0) is 18.7. The molecule has 2 atom stereocenters. The Morgan fingerprint density at radius 3 is 2.19 bits per heavy atom. The van der Waals surface area contributed by atoms with Gasteiger partial charge in [-0.3, -0.25) is 4.21 Å². The van der Waals surface area contributed by atoms with Gasteiger partial charge in [0.25, 0.3) is 0 Å². The van der Waals surface area contributed by atoms with Gasteiger partial charge in [0.15, 0.2) is 0 Å². The Hall–Kier alpha value is -2.23. The van der Waals surface area contributed by atoms with Crippen LogP contribution in [0.15, 0.2) is 71.6 Å². The molecule has 0 aliphatic carbocycles. The summed E-state index contributed by atoms with van der Waals surface area (Å²) in [6.45, 7) is 6.13. The molecule has 3 rings (SSSR count). The zero-order valence-electron chi connectivity index (χ0n) is 15.4. The molecule has 3 aromatic carbocycles. The second-order valence-electron chi connectivity index (χ2n) is 6.70. The van der Waals surface area contributed by atoms with E-state index >= 15 is 0 Å². The number of aliphatic hydroxyl groups is 1. The third-order valence-corrected chi connectivity index (χ3v) is 6.09. The topological polar surface area (TPSA) is 37.3 Å². The van der Waals surface area contributed by atoms with Crippen LogP contribution in [0, 0.1) is 20.8 Å². The molecule has 0 radical (unpaired) electrons. The van der Waals surface area contributed by atoms with Gasteiger partial charge < -0.3 is 5.11 Å². The molecule has 0 bridgehead atoms. The van der Waals surface area contributed by atoms with E-state index in [1.54, 1.807) is 0 Å². The van der Waals surface area contributed by atoms with Crippen LogP contribution in [0.5, 0.6) is 0 Å². The van der Waals surface area contributed by atoms with Crippen molar-refractivity contribution in [3.05, 3.63) is 89.0 Å². The molecule has 0 saturated carbocycles. The van der Waals surface area contributed by atoms with Gasteiger partial charge in [-0.15, -0.1) is 0 Å². The highest BCUT2D eigenvalue weighted by atomic mass is 32.2. The number of rotatable bonds is 5. The lowest BCUT2D eigenvalue weighted by atomic mass is 9.90. The predicted molar refractivity (Wildman–Crippen MR) is 109 cm³/mol. The highest BCUT2D eigenvalue weighted by Gasteiger charge is 2.19. The van der Waals surface area contributed by atoms with Gasteiger partial charge in [0.1, 0.15) is 0 Å². The van der Waals surface area contributed by atoms with Crippen LogP contribution in [0.1, 0.15) is 28.4 Å². The SMILES string of the molecule is Cc1ccc(S(=O)C[C@H](O)c2cccc(C)c2-c2ccccc2C)cc1. The molecule has 134 valence electrons. The van der Waals surface area contributed by atoms with Crippen molar-refractivity contribution < 1.29 is 9.32 Å². The van der Waals surface area contributed by atoms with Crippen LogP contribution in [0.2, 0.25) is 0 Å². The van der Waals surface area contributed by atoms with Gasteiger partial charge in [-0.2, -0.15) is 0 Å². The van der Waals surface area contributed by atoms with Crippen molar-refractivity contribution in [1.29, 1.82) is 0 Å². The maximum atomic E-state index is 12.7. The Morgan fingerprint density at radius 1 is 0.846 bits per heavy atom. The van der Waals surface area contributed by atoms with Gasteiger partial charge in [0.05, 0.1) is 22.7 Å². The summed E-state index contributed by atoms with van der Waals surface area (Å²) in [6, 6.07) is 21.7. The molecule has 26 heavy (non-hydrogen) atoms. The quantitative estimate of drug-likeness (QED) is 0.682. The molecule has 0 spiro atoms. The van der Waals surface area contributed by atoms with Gasteiger partial charge >= 0.3 is 0 Å². The van der Waals surface area contributed by atoms with Crippen molar-refractivity contribution in [2.75, 3.05) is 5.75 Å². The van der Waals surface area contributed by atoms with Gasteiger partial charge in [0.2, 0.25) is 0 Å². The summed E-state index contributed by atoms with van der Waals surface area (Å²) in [5.41, 5.74) is 6.39. The van der Waals surface area contributed by atoms with Crippen molar-refractivity contribution in [3.63, 3.8) is 0 Å². The molecule has 0 heterocycles. The van der Waals surface area contributed by atoms with Gasteiger partial charge in [0, 0.05) is 4.90 Å². The molecule has 0 fully saturated rings. The van der Waals surface area contributed by atoms with E-state index in [4.69, 9.17) is 0 Å². The Kier molecular flexibility index (Phi) is 5.70. The van der Waals surface area contributed by atoms with E-state index < -0.39 is 16.9 Å². The minimum atomic E-state index is -1.25. The first-order chi connectivity index (χ1) is 12.5. The van der Waals surface area contributed by atoms with E-state index in [9.17, 15) is 9.32 Å². The lowest BCUT2D eigenvalue weighted by Gasteiger charge is -2.19. The van der Waals surface area contributed by atoms with Gasteiger partial charge in [-0.25, -0.2) is 0 Å². The third-order valence-electron chi connectivity index (χ3n) is 4.67. The average molecular weight is 365 g/mol. The van der Waals surface area contributed by atoms with E-state index in [1.807, 2.05) is 55.5 Å². The summed E-state index contributed by atoms with van der Waals surface area (Å²) < 4.78 is 12.7. The molecule has 1 unspecified atom stereocenters. The van der Waals surface area contributed by atoms with Gasteiger partial charge in [-0.1, -0.05) is 60.2 Å². The average Bonchev–Trinajstić information content (AvgIpc) is 2.62. The van der Waals surface area contributed by atoms with Crippen molar-refractivity contribution in [1.82, 2.24) is 0 Å². The number of aryl methyl sites for hydroxylation is 3. The van der Waals surface area contributed by atoms with Crippen LogP contribution in [-0.2, 0) is 10.8 Å². The number of aliphatic hydroxyl groups excluding tert-OH is 1. The van der Waals surface area contributed by atoms with Crippen LogP contribution >= 0.6 is 0 Å². The molecule has 3 aromatic rings. The van der Waals surface area contributed by atoms with Crippen molar-refractivity contribution >= 4 is 10.8 Å². The molecule has 0 amide bonds. The smallest absolute Gasteiger partial charge is 0.0914 e. The van der Waals surface area contributed by atoms with Crippen molar-refractivity contribution in [2.45, 2.75) is 31.8 Å².